The lowest BCUT2D eigenvalue weighted by Gasteiger charge is -2.33. The van der Waals surface area contributed by atoms with Crippen molar-refractivity contribution < 1.29 is 4.42 Å². The minimum atomic E-state index is 0.328. The number of fused-ring (bicyclic) bond motifs is 2. The average Bonchev–Trinajstić information content (AvgIpc) is 3.02. The fourth-order valence-corrected chi connectivity index (χ4v) is 3.50. The maximum Gasteiger partial charge on any atom is 0.122 e. The van der Waals surface area contributed by atoms with Crippen molar-refractivity contribution >= 4 is 0 Å². The third-order valence-corrected chi connectivity index (χ3v) is 4.70. The molecule has 2 aliphatic heterocycles. The average molecular weight is 263 g/mol. The minimum Gasteiger partial charge on any atom is -0.468 e. The Bertz CT molecular complexity index is 390. The van der Waals surface area contributed by atoms with E-state index in [0.29, 0.717) is 12.1 Å². The molecule has 3 heterocycles. The summed E-state index contributed by atoms with van der Waals surface area (Å²) in [5.41, 5.74) is 0. The van der Waals surface area contributed by atoms with E-state index in [1.807, 2.05) is 6.07 Å². The van der Waals surface area contributed by atoms with Crippen LogP contribution in [0.1, 0.15) is 24.6 Å². The number of piperidine rings is 1. The van der Waals surface area contributed by atoms with E-state index in [0.717, 1.165) is 18.2 Å². The van der Waals surface area contributed by atoms with Crippen molar-refractivity contribution in [3.8, 4) is 0 Å². The summed E-state index contributed by atoms with van der Waals surface area (Å²) >= 11 is 0. The van der Waals surface area contributed by atoms with Gasteiger partial charge in [-0.1, -0.05) is 0 Å². The molecule has 2 fully saturated rings. The Kier molecular flexibility index (Phi) is 3.91. The third kappa shape index (κ3) is 2.86. The van der Waals surface area contributed by atoms with Gasteiger partial charge in [0.2, 0.25) is 0 Å². The van der Waals surface area contributed by atoms with Crippen LogP contribution in [-0.2, 0) is 0 Å². The summed E-state index contributed by atoms with van der Waals surface area (Å²) in [6.45, 7) is 4.84. The molecule has 1 aromatic heterocycles. The zero-order valence-electron chi connectivity index (χ0n) is 12.0. The normalized spacial score (nSPS) is 31.8. The summed E-state index contributed by atoms with van der Waals surface area (Å²) in [5.74, 6) is 1.91. The van der Waals surface area contributed by atoms with Gasteiger partial charge in [-0.15, -0.1) is 0 Å². The molecule has 0 radical (unpaired) electrons. The van der Waals surface area contributed by atoms with Crippen molar-refractivity contribution in [2.24, 2.45) is 5.92 Å². The van der Waals surface area contributed by atoms with Crippen LogP contribution in [-0.4, -0.2) is 56.1 Å². The molecule has 4 unspecified atom stereocenters. The summed E-state index contributed by atoms with van der Waals surface area (Å²) in [6.07, 6.45) is 4.43. The number of likely N-dealkylation sites (N-methyl/N-ethyl adjacent to an activating group) is 1. The Morgan fingerprint density at radius 3 is 3.00 bits per heavy atom. The lowest BCUT2D eigenvalue weighted by atomic mass is 9.94. The molecule has 0 aliphatic carbocycles. The van der Waals surface area contributed by atoms with Crippen LogP contribution in [0.3, 0.4) is 0 Å². The van der Waals surface area contributed by atoms with Gasteiger partial charge in [0.05, 0.1) is 12.3 Å². The van der Waals surface area contributed by atoms with Crippen LogP contribution in [0, 0.1) is 5.92 Å². The van der Waals surface area contributed by atoms with Crippen molar-refractivity contribution in [1.29, 1.82) is 0 Å². The Morgan fingerprint density at radius 1 is 1.42 bits per heavy atom. The van der Waals surface area contributed by atoms with Gasteiger partial charge in [0.1, 0.15) is 5.76 Å². The number of rotatable bonds is 5. The second-order valence-electron chi connectivity index (χ2n) is 6.15. The summed E-state index contributed by atoms with van der Waals surface area (Å²) < 4.78 is 5.57. The number of hydrogen-bond donors (Lipinski definition) is 1. The van der Waals surface area contributed by atoms with E-state index in [2.05, 4.69) is 35.3 Å². The van der Waals surface area contributed by atoms with Crippen molar-refractivity contribution in [3.63, 3.8) is 0 Å². The van der Waals surface area contributed by atoms with Crippen molar-refractivity contribution in [1.82, 2.24) is 15.1 Å². The molecule has 4 nitrogen and oxygen atoms in total. The number of hydrogen-bond acceptors (Lipinski definition) is 4. The predicted molar refractivity (Wildman–Crippen MR) is 76.1 cm³/mol. The Morgan fingerprint density at radius 2 is 2.26 bits per heavy atom. The van der Waals surface area contributed by atoms with Gasteiger partial charge in [-0.3, -0.25) is 4.90 Å². The van der Waals surface area contributed by atoms with Gasteiger partial charge in [-0.2, -0.15) is 0 Å². The molecule has 2 saturated heterocycles. The molecular formula is C15H25N3O. The molecule has 2 bridgehead atoms. The molecule has 1 aromatic rings. The van der Waals surface area contributed by atoms with Crippen LogP contribution in [0.5, 0.6) is 0 Å². The van der Waals surface area contributed by atoms with E-state index in [9.17, 15) is 0 Å². The Hall–Kier alpha value is -0.840. The third-order valence-electron chi connectivity index (χ3n) is 4.70. The highest BCUT2D eigenvalue weighted by Crippen LogP contribution is 2.27. The number of furan rings is 1. The largest absolute Gasteiger partial charge is 0.468 e. The van der Waals surface area contributed by atoms with E-state index in [1.165, 1.54) is 32.5 Å². The van der Waals surface area contributed by atoms with Crippen LogP contribution >= 0.6 is 0 Å². The molecule has 4 heteroatoms. The molecule has 3 rings (SSSR count). The van der Waals surface area contributed by atoms with Gasteiger partial charge in [0.25, 0.3) is 0 Å². The molecule has 19 heavy (non-hydrogen) atoms. The standard InChI is InChI=1S/C15H25N3O/c1-17(2)14(15-4-3-9-19-15)10-16-13-6-8-18-7-5-12(13)11-18/h3-4,9,12-14,16H,5-8,10-11H2,1-2H3. The molecule has 0 amide bonds. The molecule has 0 spiro atoms. The molecule has 106 valence electrons. The van der Waals surface area contributed by atoms with Gasteiger partial charge in [-0.25, -0.2) is 0 Å². The zero-order chi connectivity index (χ0) is 13.2. The lowest BCUT2D eigenvalue weighted by Crippen LogP contribution is -2.46. The summed E-state index contributed by atoms with van der Waals surface area (Å²) in [4.78, 5) is 4.83. The van der Waals surface area contributed by atoms with Crippen LogP contribution in [0.2, 0.25) is 0 Å². The van der Waals surface area contributed by atoms with Crippen molar-refractivity contribution in [2.45, 2.75) is 24.9 Å². The van der Waals surface area contributed by atoms with Gasteiger partial charge in [-0.05, 0) is 58.1 Å². The van der Waals surface area contributed by atoms with E-state index < -0.39 is 0 Å². The van der Waals surface area contributed by atoms with E-state index >= 15 is 0 Å². The first-order valence-corrected chi connectivity index (χ1v) is 7.39. The Balaban J connectivity index is 1.58. The highest BCUT2D eigenvalue weighted by atomic mass is 16.3. The van der Waals surface area contributed by atoms with Crippen LogP contribution in [0.4, 0.5) is 0 Å². The minimum absolute atomic E-state index is 0.328. The maximum absolute atomic E-state index is 5.57. The zero-order valence-corrected chi connectivity index (χ0v) is 12.0. The number of nitrogens with zero attached hydrogens (tertiary/aromatic N) is 2. The fraction of sp³-hybridized carbons (Fsp3) is 0.733. The van der Waals surface area contributed by atoms with E-state index in [1.54, 1.807) is 6.26 Å². The van der Waals surface area contributed by atoms with Crippen LogP contribution in [0.25, 0.3) is 0 Å². The SMILES string of the molecule is CN(C)C(CNC1CCN2CCC1C2)c1ccco1. The number of nitrogens with one attached hydrogen (secondary N) is 1. The molecular weight excluding hydrogens is 238 g/mol. The van der Waals surface area contributed by atoms with Gasteiger partial charge < -0.3 is 14.6 Å². The summed E-state index contributed by atoms with van der Waals surface area (Å²) in [5, 5.41) is 3.79. The lowest BCUT2D eigenvalue weighted by molar-refractivity contribution is 0.195. The second-order valence-corrected chi connectivity index (χ2v) is 6.15. The van der Waals surface area contributed by atoms with Gasteiger partial charge in [0.15, 0.2) is 0 Å². The topological polar surface area (TPSA) is 31.6 Å². The van der Waals surface area contributed by atoms with Crippen LogP contribution in [0.15, 0.2) is 22.8 Å². The first-order chi connectivity index (χ1) is 9.24. The highest BCUT2D eigenvalue weighted by molar-refractivity contribution is 5.05. The van der Waals surface area contributed by atoms with E-state index in [4.69, 9.17) is 4.42 Å². The summed E-state index contributed by atoms with van der Waals surface area (Å²) in [6, 6.07) is 5.07. The molecule has 1 N–H and O–H groups in total. The molecule has 0 aromatic carbocycles. The van der Waals surface area contributed by atoms with Crippen molar-refractivity contribution in [2.75, 3.05) is 40.3 Å². The first-order valence-electron chi connectivity index (χ1n) is 7.39. The first kappa shape index (κ1) is 13.2. The van der Waals surface area contributed by atoms with Gasteiger partial charge in [0, 0.05) is 19.1 Å². The molecule has 0 saturated carbocycles. The quantitative estimate of drug-likeness (QED) is 0.874. The molecule has 4 atom stereocenters. The highest BCUT2D eigenvalue weighted by Gasteiger charge is 2.34. The summed E-state index contributed by atoms with van der Waals surface area (Å²) in [7, 11) is 4.24. The monoisotopic (exact) mass is 263 g/mol. The molecule has 2 aliphatic rings. The fourth-order valence-electron chi connectivity index (χ4n) is 3.50. The smallest absolute Gasteiger partial charge is 0.122 e. The predicted octanol–water partition coefficient (Wildman–Crippen LogP) is 1.57. The second kappa shape index (κ2) is 5.65. The Labute approximate surface area is 115 Å². The van der Waals surface area contributed by atoms with Gasteiger partial charge >= 0.3 is 0 Å². The maximum atomic E-state index is 5.57. The van der Waals surface area contributed by atoms with Crippen molar-refractivity contribution in [3.05, 3.63) is 24.2 Å². The van der Waals surface area contributed by atoms with E-state index in [-0.39, 0.29) is 0 Å². The van der Waals surface area contributed by atoms with Crippen LogP contribution < -0.4 is 5.32 Å².